The Morgan fingerprint density at radius 2 is 1.83 bits per heavy atom. The third kappa shape index (κ3) is 8.46. The number of benzene rings is 2. The molecule has 3 rings (SSSR count). The molecule has 1 aliphatic rings. The van der Waals surface area contributed by atoms with Crippen LogP contribution in [0.3, 0.4) is 0 Å². The third-order valence-electron chi connectivity index (χ3n) is 6.30. The molecule has 2 aromatic rings. The van der Waals surface area contributed by atoms with E-state index >= 15 is 0 Å². The number of hydrogen-bond donors (Lipinski definition) is 4. The minimum Gasteiger partial charge on any atom is -0.369 e. The highest BCUT2D eigenvalue weighted by Gasteiger charge is 2.27. The van der Waals surface area contributed by atoms with Crippen LogP contribution < -0.4 is 16.4 Å². The number of rotatable bonds is 8. The highest BCUT2D eigenvalue weighted by Crippen LogP contribution is 2.44. The molecule has 5 N–H and O–H groups in total. The molecule has 0 bridgehead atoms. The predicted molar refractivity (Wildman–Crippen MR) is 167 cm³/mol. The van der Waals surface area contributed by atoms with Crippen molar-refractivity contribution >= 4 is 68.6 Å². The lowest BCUT2D eigenvalue weighted by Gasteiger charge is -2.17. The maximum atomic E-state index is 14.3. The molecule has 13 heteroatoms. The van der Waals surface area contributed by atoms with Gasteiger partial charge in [0, 0.05) is 55.1 Å². The molecular weight excluding hydrogens is 579 g/mol. The molecular formula is C29H33FN6O4S2. The van der Waals surface area contributed by atoms with E-state index < -0.39 is 34.5 Å². The van der Waals surface area contributed by atoms with Gasteiger partial charge in [0.15, 0.2) is 5.12 Å². The van der Waals surface area contributed by atoms with Gasteiger partial charge in [0.1, 0.15) is 11.9 Å². The van der Waals surface area contributed by atoms with Gasteiger partial charge in [-0.25, -0.2) is 4.39 Å². The fourth-order valence-electron chi connectivity index (χ4n) is 4.16. The Labute approximate surface area is 250 Å². The second-order valence-corrected chi connectivity index (χ2v) is 12.1. The van der Waals surface area contributed by atoms with Crippen LogP contribution in [0.5, 0.6) is 0 Å². The highest BCUT2D eigenvalue weighted by atomic mass is 32.2. The van der Waals surface area contributed by atoms with Gasteiger partial charge >= 0.3 is 0 Å². The summed E-state index contributed by atoms with van der Waals surface area (Å²) in [5, 5.41) is 12.3. The molecule has 1 unspecified atom stereocenters. The summed E-state index contributed by atoms with van der Waals surface area (Å²) in [4.78, 5) is 43.5. The van der Waals surface area contributed by atoms with Crippen LogP contribution >= 0.6 is 11.8 Å². The van der Waals surface area contributed by atoms with Crippen molar-refractivity contribution in [1.82, 2.24) is 15.5 Å². The van der Waals surface area contributed by atoms with Crippen LogP contribution in [-0.2, 0) is 25.2 Å². The van der Waals surface area contributed by atoms with Crippen LogP contribution in [0.15, 0.2) is 57.9 Å². The van der Waals surface area contributed by atoms with Crippen molar-refractivity contribution in [3.8, 4) is 0 Å². The number of thioether (sulfide) groups is 1. The van der Waals surface area contributed by atoms with E-state index in [0.29, 0.717) is 16.0 Å². The molecule has 0 aromatic heterocycles. The van der Waals surface area contributed by atoms with E-state index in [9.17, 15) is 23.0 Å². The number of fused-ring (bicyclic) bond motifs is 1. The quantitative estimate of drug-likeness (QED) is 0.264. The van der Waals surface area contributed by atoms with Crippen molar-refractivity contribution in [2.45, 2.75) is 31.2 Å². The van der Waals surface area contributed by atoms with Crippen molar-refractivity contribution in [3.05, 3.63) is 70.5 Å². The lowest BCUT2D eigenvalue weighted by Crippen LogP contribution is -2.51. The molecule has 0 saturated heterocycles. The number of carbonyl (C=O) groups is 3. The minimum absolute atomic E-state index is 0.0317. The number of aliphatic imine (C=N–C) groups is 1. The number of guanidine groups is 2. The van der Waals surface area contributed by atoms with Crippen molar-refractivity contribution in [3.63, 3.8) is 0 Å². The summed E-state index contributed by atoms with van der Waals surface area (Å²) >= 11 is 0.856. The Kier molecular flexibility index (Phi) is 10.9. The number of allylic oxidation sites excluding steroid dienone is 3. The zero-order chi connectivity index (χ0) is 31.1. The molecule has 10 nitrogen and oxygen atoms in total. The van der Waals surface area contributed by atoms with Crippen LogP contribution in [0.1, 0.15) is 37.0 Å². The van der Waals surface area contributed by atoms with Gasteiger partial charge in [0.05, 0.1) is 0 Å². The molecule has 0 radical (unpaired) electrons. The van der Waals surface area contributed by atoms with Gasteiger partial charge < -0.3 is 16.0 Å². The standard InChI is InChI=1S/C29H33FN6O4S2/c1-16-22(12-18-6-9-20(10-7-18)42(5)40)21-11-8-19(30)13-24(21)23(16)14-26(38)41-15-25(33-17(2)37)27(39)34-28(31)35-29(32)36(3)4/h6-13,25H,14-15H2,1-5H3,(H,33,37)(H4,31,32,34,35,39)/b22-12-/t25-,42?/m0/s1. The summed E-state index contributed by atoms with van der Waals surface area (Å²) < 4.78 is 26.0. The lowest BCUT2D eigenvalue weighted by molar-refractivity contribution is -0.126. The predicted octanol–water partition coefficient (Wildman–Crippen LogP) is 2.97. The fraction of sp³-hybridized carbons (Fsp3) is 0.276. The zero-order valence-electron chi connectivity index (χ0n) is 23.9. The maximum Gasteiger partial charge on any atom is 0.250 e. The van der Waals surface area contributed by atoms with Gasteiger partial charge in [-0.15, -0.1) is 0 Å². The zero-order valence-corrected chi connectivity index (χ0v) is 25.5. The topological polar surface area (TPSA) is 158 Å². The Morgan fingerprint density at radius 1 is 1.17 bits per heavy atom. The first kappa shape index (κ1) is 32.4. The number of hydrogen-bond acceptors (Lipinski definition) is 6. The van der Waals surface area contributed by atoms with Crippen molar-refractivity contribution in [2.75, 3.05) is 26.1 Å². The van der Waals surface area contributed by atoms with Gasteiger partial charge in [-0.1, -0.05) is 30.0 Å². The van der Waals surface area contributed by atoms with Gasteiger partial charge in [-0.05, 0) is 70.7 Å². The molecule has 1 aliphatic carbocycles. The Morgan fingerprint density at radius 3 is 2.43 bits per heavy atom. The third-order valence-corrected chi connectivity index (χ3v) is 8.21. The summed E-state index contributed by atoms with van der Waals surface area (Å²) in [5.74, 6) is -2.20. The number of amides is 2. The molecule has 0 spiro atoms. The summed E-state index contributed by atoms with van der Waals surface area (Å²) in [5.41, 5.74) is 10.3. The molecule has 222 valence electrons. The molecule has 42 heavy (non-hydrogen) atoms. The molecule has 0 saturated carbocycles. The molecule has 2 aromatic carbocycles. The average Bonchev–Trinajstić information content (AvgIpc) is 3.15. The van der Waals surface area contributed by atoms with Crippen LogP contribution in [0.4, 0.5) is 4.39 Å². The lowest BCUT2D eigenvalue weighted by atomic mass is 10.0. The monoisotopic (exact) mass is 612 g/mol. The van der Waals surface area contributed by atoms with Crippen LogP contribution in [0.2, 0.25) is 0 Å². The van der Waals surface area contributed by atoms with Crippen LogP contribution in [0.25, 0.3) is 17.2 Å². The smallest absolute Gasteiger partial charge is 0.250 e. The van der Waals surface area contributed by atoms with Gasteiger partial charge in [0.2, 0.25) is 23.7 Å². The Bertz CT molecular complexity index is 1530. The number of nitrogens with two attached hydrogens (primary N) is 1. The van der Waals surface area contributed by atoms with E-state index in [1.54, 1.807) is 38.6 Å². The number of carbonyl (C=O) groups excluding carboxylic acids is 3. The van der Waals surface area contributed by atoms with E-state index in [-0.39, 0.29) is 29.2 Å². The highest BCUT2D eigenvalue weighted by molar-refractivity contribution is 8.13. The van der Waals surface area contributed by atoms with E-state index in [2.05, 4.69) is 15.6 Å². The second kappa shape index (κ2) is 14.2. The van der Waals surface area contributed by atoms with Crippen molar-refractivity contribution in [2.24, 2.45) is 10.7 Å². The minimum atomic E-state index is -1.10. The largest absolute Gasteiger partial charge is 0.369 e. The Balaban J connectivity index is 1.79. The van der Waals surface area contributed by atoms with Gasteiger partial charge in [0.25, 0.3) is 0 Å². The van der Waals surface area contributed by atoms with E-state index in [1.807, 2.05) is 25.1 Å². The van der Waals surface area contributed by atoms with Crippen LogP contribution in [0, 0.1) is 11.2 Å². The summed E-state index contributed by atoms with van der Waals surface area (Å²) in [6, 6.07) is 10.6. The fourth-order valence-corrected chi connectivity index (χ4v) is 5.51. The molecule has 0 fully saturated rings. The van der Waals surface area contributed by atoms with Crippen molar-refractivity contribution < 1.29 is 23.0 Å². The first-order valence-electron chi connectivity index (χ1n) is 12.8. The summed E-state index contributed by atoms with van der Waals surface area (Å²) in [6.07, 6.45) is 3.52. The second-order valence-electron chi connectivity index (χ2n) is 9.69. The van der Waals surface area contributed by atoms with E-state index in [0.717, 1.165) is 34.0 Å². The number of halogens is 1. The first-order chi connectivity index (χ1) is 19.8. The Hall–Kier alpha value is -4.10. The SMILES string of the molecule is CC(=O)N[C@@H](CSC(=O)CC1=C(C)/C(=C/c2ccc(S(C)=O)cc2)c2ccc(F)cc21)C(=O)N/C(N)=N/C(=N)N(C)C. The average molecular weight is 613 g/mol. The molecule has 0 aliphatic heterocycles. The summed E-state index contributed by atoms with van der Waals surface area (Å²) in [7, 11) is 2.07. The van der Waals surface area contributed by atoms with Gasteiger partial charge in [-0.2, -0.15) is 4.99 Å². The van der Waals surface area contributed by atoms with E-state index in [4.69, 9.17) is 11.1 Å². The number of nitrogens with one attached hydrogen (secondary N) is 3. The summed E-state index contributed by atoms with van der Waals surface area (Å²) in [6.45, 7) is 3.11. The van der Waals surface area contributed by atoms with Crippen LogP contribution in [-0.4, -0.2) is 70.1 Å². The maximum absolute atomic E-state index is 14.3. The van der Waals surface area contributed by atoms with E-state index in [1.165, 1.54) is 24.0 Å². The normalized spacial score (nSPS) is 15.2. The number of nitrogens with zero attached hydrogens (tertiary/aromatic N) is 2. The first-order valence-corrected chi connectivity index (χ1v) is 15.3. The molecule has 2 atom stereocenters. The molecule has 0 heterocycles. The van der Waals surface area contributed by atoms with Crippen molar-refractivity contribution in [1.29, 1.82) is 5.41 Å². The molecule has 2 amide bonds. The van der Waals surface area contributed by atoms with Gasteiger partial charge in [-0.3, -0.25) is 29.3 Å².